The molecule has 1 aromatic heterocycles. The van der Waals surface area contributed by atoms with E-state index in [1.165, 1.54) is 0 Å². The Morgan fingerprint density at radius 3 is 3.10 bits per heavy atom. The van der Waals surface area contributed by atoms with Crippen LogP contribution >= 0.6 is 0 Å². The minimum Gasteiger partial charge on any atom is -0.359 e. The van der Waals surface area contributed by atoms with Gasteiger partial charge in [0.2, 0.25) is 0 Å². The molecule has 10 heavy (non-hydrogen) atoms. The highest BCUT2D eigenvalue weighted by Crippen LogP contribution is 2.02. The smallest absolute Gasteiger partial charge is 0.160 e. The molecule has 0 saturated heterocycles. The Labute approximate surface area is 57.9 Å². The Hall–Kier alpha value is -1.39. The summed E-state index contributed by atoms with van der Waals surface area (Å²) in [6.45, 7) is 2.20. The molecule has 0 aliphatic rings. The zero-order chi connectivity index (χ0) is 7.40. The van der Waals surface area contributed by atoms with Crippen molar-refractivity contribution in [1.29, 1.82) is 0 Å². The molecule has 0 bridgehead atoms. The molecule has 2 N–H and O–H groups in total. The van der Waals surface area contributed by atoms with Gasteiger partial charge in [-0.05, 0) is 6.92 Å². The summed E-state index contributed by atoms with van der Waals surface area (Å²) in [4.78, 5) is 0. The van der Waals surface area contributed by atoms with E-state index in [0.717, 1.165) is 5.69 Å². The Morgan fingerprint density at radius 1 is 1.80 bits per heavy atom. The molecule has 5 heteroatoms. The third-order valence-corrected chi connectivity index (χ3v) is 0.985. The summed E-state index contributed by atoms with van der Waals surface area (Å²) in [5, 5.41) is 10.3. The van der Waals surface area contributed by atoms with Gasteiger partial charge in [-0.25, -0.2) is 0 Å². The summed E-state index contributed by atoms with van der Waals surface area (Å²) in [5.41, 5.74) is 0.835. The fourth-order valence-electron chi connectivity index (χ4n) is 0.601. The highest BCUT2D eigenvalue weighted by molar-refractivity contribution is 5.02. The van der Waals surface area contributed by atoms with Gasteiger partial charge in [0.05, 0.1) is 5.69 Å². The molecule has 1 heterocycles. The number of hydrogen-bond acceptors (Lipinski definition) is 4. The molecular weight excluding hydrogens is 132 g/mol. The van der Waals surface area contributed by atoms with Crippen LogP contribution in [0.3, 0.4) is 0 Å². The first-order valence-electron chi connectivity index (χ1n) is 2.82. The van der Waals surface area contributed by atoms with Crippen molar-refractivity contribution in [1.82, 2.24) is 5.16 Å². The van der Waals surface area contributed by atoms with Gasteiger partial charge in [-0.3, -0.25) is 0 Å². The van der Waals surface area contributed by atoms with Gasteiger partial charge < -0.3 is 10.4 Å². The number of rotatable bonds is 2. The van der Waals surface area contributed by atoms with Gasteiger partial charge in [-0.15, -0.1) is 0 Å². The first-order chi connectivity index (χ1) is 4.83. The molecule has 0 saturated carbocycles. The average Bonchev–Trinajstić information content (AvgIpc) is 2.31. The number of aromatic nitrogens is 1. The fourth-order valence-corrected chi connectivity index (χ4v) is 0.601. The van der Waals surface area contributed by atoms with Crippen LogP contribution in [0.1, 0.15) is 11.5 Å². The largest absolute Gasteiger partial charge is 0.359 e. The Bertz CT molecular complexity index is 229. The predicted octanol–water partition coefficient (Wildman–Crippen LogP) is 0.809. The summed E-state index contributed by atoms with van der Waals surface area (Å²) in [7, 11) is 0. The normalized spacial score (nSPS) is 10.9. The molecule has 0 aliphatic heterocycles. The zero-order valence-electron chi connectivity index (χ0n) is 5.61. The van der Waals surface area contributed by atoms with Gasteiger partial charge in [0.15, 0.2) is 5.76 Å². The van der Waals surface area contributed by atoms with Crippen molar-refractivity contribution in [2.24, 2.45) is 16.2 Å². The molecule has 0 unspecified atom stereocenters. The van der Waals surface area contributed by atoms with Crippen molar-refractivity contribution in [3.05, 3.63) is 17.5 Å². The quantitative estimate of drug-likeness (QED) is 0.375. The monoisotopic (exact) mass is 140 g/mol. The summed E-state index contributed by atoms with van der Waals surface area (Å²) in [6, 6.07) is 1.79. The van der Waals surface area contributed by atoms with Crippen molar-refractivity contribution < 1.29 is 4.52 Å². The standard InChI is InChI=1S/C5H8N4O/c1-4-2-5(10-8-4)3-7-9-6/h2H,3H2,1H3,(H2,6,7). The van der Waals surface area contributed by atoms with E-state index in [1.54, 1.807) is 6.07 Å². The highest BCUT2D eigenvalue weighted by atomic mass is 16.5. The van der Waals surface area contributed by atoms with Crippen LogP contribution in [0.25, 0.3) is 0 Å². The van der Waals surface area contributed by atoms with Gasteiger partial charge in [-0.1, -0.05) is 10.4 Å². The van der Waals surface area contributed by atoms with Gasteiger partial charge in [0, 0.05) is 6.07 Å². The van der Waals surface area contributed by atoms with Crippen LogP contribution < -0.4 is 5.84 Å². The second-order valence-corrected chi connectivity index (χ2v) is 1.85. The molecule has 0 atom stereocenters. The number of aryl methyl sites for hydroxylation is 1. The first-order valence-corrected chi connectivity index (χ1v) is 2.82. The number of nitrogens with two attached hydrogens (primary N) is 1. The molecule has 1 aromatic rings. The van der Waals surface area contributed by atoms with Crippen LogP contribution in [-0.2, 0) is 6.54 Å². The van der Waals surface area contributed by atoms with E-state index in [1.807, 2.05) is 6.92 Å². The maximum absolute atomic E-state index is 4.81. The van der Waals surface area contributed by atoms with Crippen molar-refractivity contribution in [2.45, 2.75) is 13.5 Å². The van der Waals surface area contributed by atoms with Gasteiger partial charge in [-0.2, -0.15) is 5.11 Å². The van der Waals surface area contributed by atoms with E-state index >= 15 is 0 Å². The Kier molecular flexibility index (Phi) is 1.99. The molecule has 0 aromatic carbocycles. The Morgan fingerprint density at radius 2 is 2.60 bits per heavy atom. The molecule has 0 fully saturated rings. The van der Waals surface area contributed by atoms with Crippen LogP contribution in [0, 0.1) is 6.92 Å². The minimum atomic E-state index is 0.358. The van der Waals surface area contributed by atoms with Crippen molar-refractivity contribution >= 4 is 0 Å². The molecule has 0 amide bonds. The predicted molar refractivity (Wildman–Crippen MR) is 34.0 cm³/mol. The average molecular weight is 140 g/mol. The van der Waals surface area contributed by atoms with E-state index < -0.39 is 0 Å². The van der Waals surface area contributed by atoms with E-state index in [0.29, 0.717) is 12.3 Å². The topological polar surface area (TPSA) is 76.8 Å². The van der Waals surface area contributed by atoms with E-state index in [2.05, 4.69) is 15.5 Å². The maximum atomic E-state index is 4.81. The SMILES string of the molecule is Cc1cc(CN=NN)on1. The van der Waals surface area contributed by atoms with Crippen molar-refractivity contribution in [2.75, 3.05) is 0 Å². The fraction of sp³-hybridized carbons (Fsp3) is 0.400. The Balaban J connectivity index is 2.58. The van der Waals surface area contributed by atoms with Crippen molar-refractivity contribution in [3.8, 4) is 0 Å². The highest BCUT2D eigenvalue weighted by Gasteiger charge is 1.96. The molecule has 5 nitrogen and oxygen atoms in total. The molecule has 54 valence electrons. The summed E-state index contributed by atoms with van der Waals surface area (Å²) >= 11 is 0. The van der Waals surface area contributed by atoms with Crippen LogP contribution in [0.15, 0.2) is 20.9 Å². The maximum Gasteiger partial charge on any atom is 0.160 e. The van der Waals surface area contributed by atoms with Crippen LogP contribution in [-0.4, -0.2) is 5.16 Å². The lowest BCUT2D eigenvalue weighted by Crippen LogP contribution is -1.78. The summed E-state index contributed by atoms with van der Waals surface area (Å²) < 4.78 is 4.81. The lowest BCUT2D eigenvalue weighted by Gasteiger charge is -1.80. The molecule has 1 rings (SSSR count). The summed E-state index contributed by atoms with van der Waals surface area (Å²) in [5.74, 6) is 5.45. The van der Waals surface area contributed by atoms with Gasteiger partial charge in [0.1, 0.15) is 6.54 Å². The van der Waals surface area contributed by atoms with E-state index in [4.69, 9.17) is 10.4 Å². The lowest BCUT2D eigenvalue weighted by atomic mass is 10.4. The summed E-state index contributed by atoms with van der Waals surface area (Å²) in [6.07, 6.45) is 0. The molecule has 0 radical (unpaired) electrons. The number of hydrogen-bond donors (Lipinski definition) is 1. The lowest BCUT2D eigenvalue weighted by molar-refractivity contribution is 0.379. The van der Waals surface area contributed by atoms with Crippen molar-refractivity contribution in [3.63, 3.8) is 0 Å². The van der Waals surface area contributed by atoms with Crippen LogP contribution in [0.5, 0.6) is 0 Å². The zero-order valence-corrected chi connectivity index (χ0v) is 5.61. The second kappa shape index (κ2) is 2.95. The van der Waals surface area contributed by atoms with E-state index in [-0.39, 0.29) is 0 Å². The van der Waals surface area contributed by atoms with Gasteiger partial charge >= 0.3 is 0 Å². The van der Waals surface area contributed by atoms with Crippen LogP contribution in [0.2, 0.25) is 0 Å². The molecular formula is C5H8N4O. The van der Waals surface area contributed by atoms with Gasteiger partial charge in [0.25, 0.3) is 0 Å². The minimum absolute atomic E-state index is 0.358. The molecule has 0 spiro atoms. The van der Waals surface area contributed by atoms with E-state index in [9.17, 15) is 0 Å². The molecule has 0 aliphatic carbocycles. The first kappa shape index (κ1) is 6.73. The van der Waals surface area contributed by atoms with Crippen LogP contribution in [0.4, 0.5) is 0 Å². The second-order valence-electron chi connectivity index (χ2n) is 1.85. The third-order valence-electron chi connectivity index (χ3n) is 0.985. The third kappa shape index (κ3) is 1.54. The number of nitrogens with zero attached hydrogens (tertiary/aromatic N) is 3.